The molecule has 136 valence electrons. The number of anilines is 1. The Bertz CT molecular complexity index is 1040. The predicted octanol–water partition coefficient (Wildman–Crippen LogP) is 3.43. The molecule has 27 heavy (non-hydrogen) atoms. The lowest BCUT2D eigenvalue weighted by molar-refractivity contribution is -0.111. The quantitative estimate of drug-likeness (QED) is 0.705. The van der Waals surface area contributed by atoms with E-state index in [1.54, 1.807) is 22.9 Å². The molecule has 3 aromatic rings. The summed E-state index contributed by atoms with van der Waals surface area (Å²) in [7, 11) is -1.02. The number of rotatable bonds is 4. The summed E-state index contributed by atoms with van der Waals surface area (Å²) in [6.07, 6.45) is 3.15. The second-order valence-corrected chi connectivity index (χ2v) is 7.58. The van der Waals surface area contributed by atoms with Gasteiger partial charge in [0.15, 0.2) is 0 Å². The van der Waals surface area contributed by atoms with Crippen LogP contribution in [0, 0.1) is 5.82 Å². The number of fused-ring (bicyclic) bond motifs is 1. The van der Waals surface area contributed by atoms with Crippen molar-refractivity contribution in [1.82, 2.24) is 9.78 Å². The smallest absolute Gasteiger partial charge is 0.249 e. The third-order valence-corrected chi connectivity index (χ3v) is 5.42. The van der Waals surface area contributed by atoms with Gasteiger partial charge in [-0.05, 0) is 35.9 Å². The molecular formula is C20H16FN3O2S. The Kier molecular flexibility index (Phi) is 4.68. The fourth-order valence-corrected chi connectivity index (χ4v) is 4.18. The number of nitrogens with one attached hydrogen (secondary N) is 1. The van der Waals surface area contributed by atoms with Gasteiger partial charge in [0.2, 0.25) is 5.91 Å². The van der Waals surface area contributed by atoms with E-state index in [4.69, 9.17) is 0 Å². The van der Waals surface area contributed by atoms with E-state index < -0.39 is 10.8 Å². The number of benzene rings is 2. The fourth-order valence-electron chi connectivity index (χ4n) is 2.92. The lowest BCUT2D eigenvalue weighted by atomic mass is 10.2. The van der Waals surface area contributed by atoms with Gasteiger partial charge in [-0.25, -0.2) is 9.07 Å². The van der Waals surface area contributed by atoms with E-state index in [0.29, 0.717) is 28.7 Å². The largest absolute Gasteiger partial charge is 0.307 e. The van der Waals surface area contributed by atoms with Gasteiger partial charge >= 0.3 is 0 Å². The molecule has 1 N–H and O–H groups in total. The molecule has 1 aromatic heterocycles. The number of nitrogens with zero attached hydrogens (tertiary/aromatic N) is 2. The topological polar surface area (TPSA) is 64.0 Å². The summed E-state index contributed by atoms with van der Waals surface area (Å²) < 4.78 is 26.7. The highest BCUT2D eigenvalue weighted by atomic mass is 32.2. The van der Waals surface area contributed by atoms with E-state index in [1.165, 1.54) is 18.2 Å². The number of hydrogen-bond donors (Lipinski definition) is 1. The Morgan fingerprint density at radius 1 is 1.11 bits per heavy atom. The zero-order valence-corrected chi connectivity index (χ0v) is 15.1. The molecule has 0 radical (unpaired) electrons. The SMILES string of the molecule is O=C(C=Cc1ccccc1)Nc1c2c(nn1-c1ccc(F)cc1)C[S@@](=O)C2. The van der Waals surface area contributed by atoms with Crippen LogP contribution in [0.2, 0.25) is 0 Å². The van der Waals surface area contributed by atoms with Crippen molar-refractivity contribution in [3.05, 3.63) is 83.3 Å². The third-order valence-electron chi connectivity index (χ3n) is 4.21. The summed E-state index contributed by atoms with van der Waals surface area (Å²) >= 11 is 0. The van der Waals surface area contributed by atoms with Crippen LogP contribution in [-0.2, 0) is 27.1 Å². The number of hydrogen-bond acceptors (Lipinski definition) is 3. The summed E-state index contributed by atoms with van der Waals surface area (Å²) in [6, 6.07) is 15.3. The molecule has 0 aliphatic carbocycles. The van der Waals surface area contributed by atoms with Crippen molar-refractivity contribution in [1.29, 1.82) is 0 Å². The summed E-state index contributed by atoms with van der Waals surface area (Å²) in [4.78, 5) is 12.4. The van der Waals surface area contributed by atoms with E-state index in [0.717, 1.165) is 11.1 Å². The van der Waals surface area contributed by atoms with Crippen molar-refractivity contribution in [2.75, 3.05) is 5.32 Å². The molecule has 0 saturated heterocycles. The van der Waals surface area contributed by atoms with E-state index in [-0.39, 0.29) is 11.7 Å². The normalized spacial score (nSPS) is 15.8. The monoisotopic (exact) mass is 381 g/mol. The molecule has 0 spiro atoms. The van der Waals surface area contributed by atoms with Crippen molar-refractivity contribution in [2.24, 2.45) is 0 Å². The van der Waals surface area contributed by atoms with Crippen LogP contribution in [0.3, 0.4) is 0 Å². The molecular weight excluding hydrogens is 365 g/mol. The fraction of sp³-hybridized carbons (Fsp3) is 0.100. The summed E-state index contributed by atoms with van der Waals surface area (Å²) in [5.74, 6) is 0.504. The first kappa shape index (κ1) is 17.4. The van der Waals surface area contributed by atoms with Crippen molar-refractivity contribution in [3.63, 3.8) is 0 Å². The molecule has 1 atom stereocenters. The van der Waals surface area contributed by atoms with Crippen LogP contribution in [0.4, 0.5) is 10.2 Å². The first-order valence-electron chi connectivity index (χ1n) is 8.36. The lowest BCUT2D eigenvalue weighted by Crippen LogP contribution is -2.14. The van der Waals surface area contributed by atoms with E-state index in [9.17, 15) is 13.4 Å². The molecule has 2 aromatic carbocycles. The molecule has 4 rings (SSSR count). The first-order valence-corrected chi connectivity index (χ1v) is 9.85. The molecule has 0 bridgehead atoms. The number of halogens is 1. The van der Waals surface area contributed by atoms with Gasteiger partial charge in [0.1, 0.15) is 11.6 Å². The van der Waals surface area contributed by atoms with Gasteiger partial charge in [-0.15, -0.1) is 0 Å². The molecule has 0 unspecified atom stereocenters. The van der Waals surface area contributed by atoms with Gasteiger partial charge in [0, 0.05) is 22.4 Å². The Morgan fingerprint density at radius 2 is 1.85 bits per heavy atom. The maximum atomic E-state index is 13.2. The Hall–Kier alpha value is -3.06. The second-order valence-electron chi connectivity index (χ2n) is 6.12. The average molecular weight is 381 g/mol. The zero-order valence-electron chi connectivity index (χ0n) is 14.3. The standard InChI is InChI=1S/C20H16FN3O2S/c21-15-7-9-16(10-8-15)24-20(17-12-27(26)13-18(17)23-24)22-19(25)11-6-14-4-2-1-3-5-14/h1-11H,12-13H2,(H,22,25)/t27-/m0/s1. The second kappa shape index (κ2) is 7.28. The van der Waals surface area contributed by atoms with Gasteiger partial charge in [-0.3, -0.25) is 9.00 Å². The summed E-state index contributed by atoms with van der Waals surface area (Å²) in [5, 5.41) is 7.32. The van der Waals surface area contributed by atoms with Crippen molar-refractivity contribution in [2.45, 2.75) is 11.5 Å². The molecule has 2 heterocycles. The molecule has 1 aliphatic rings. The van der Waals surface area contributed by atoms with Crippen LogP contribution in [0.15, 0.2) is 60.7 Å². The van der Waals surface area contributed by atoms with Gasteiger partial charge in [0.25, 0.3) is 0 Å². The van der Waals surface area contributed by atoms with Crippen LogP contribution in [-0.4, -0.2) is 19.9 Å². The minimum Gasteiger partial charge on any atom is -0.307 e. The van der Waals surface area contributed by atoms with E-state index >= 15 is 0 Å². The predicted molar refractivity (Wildman–Crippen MR) is 103 cm³/mol. The third kappa shape index (κ3) is 3.73. The highest BCUT2D eigenvalue weighted by molar-refractivity contribution is 7.83. The molecule has 0 fully saturated rings. The zero-order chi connectivity index (χ0) is 18.8. The number of amides is 1. The average Bonchev–Trinajstić information content (AvgIpc) is 3.19. The first-order chi connectivity index (χ1) is 13.1. The number of carbonyl (C=O) groups excluding carboxylic acids is 1. The minimum atomic E-state index is -1.02. The van der Waals surface area contributed by atoms with Crippen LogP contribution < -0.4 is 5.32 Å². The Morgan fingerprint density at radius 3 is 2.59 bits per heavy atom. The maximum Gasteiger partial charge on any atom is 0.249 e. The van der Waals surface area contributed by atoms with Crippen LogP contribution in [0.25, 0.3) is 11.8 Å². The van der Waals surface area contributed by atoms with E-state index in [2.05, 4.69) is 10.4 Å². The van der Waals surface area contributed by atoms with Crippen molar-refractivity contribution < 1.29 is 13.4 Å². The van der Waals surface area contributed by atoms with Crippen LogP contribution in [0.1, 0.15) is 16.8 Å². The van der Waals surface area contributed by atoms with Crippen LogP contribution in [0.5, 0.6) is 0 Å². The minimum absolute atomic E-state index is 0.317. The lowest BCUT2D eigenvalue weighted by Gasteiger charge is -2.10. The molecule has 1 amide bonds. The van der Waals surface area contributed by atoms with Crippen molar-refractivity contribution >= 4 is 28.6 Å². The van der Waals surface area contributed by atoms with Gasteiger partial charge in [0.05, 0.1) is 22.9 Å². The van der Waals surface area contributed by atoms with Crippen LogP contribution >= 0.6 is 0 Å². The maximum absolute atomic E-state index is 13.2. The Labute approximate surface area is 158 Å². The highest BCUT2D eigenvalue weighted by Crippen LogP contribution is 2.31. The highest BCUT2D eigenvalue weighted by Gasteiger charge is 2.28. The molecule has 5 nitrogen and oxygen atoms in total. The van der Waals surface area contributed by atoms with Gasteiger partial charge in [-0.2, -0.15) is 5.10 Å². The van der Waals surface area contributed by atoms with Crippen molar-refractivity contribution in [3.8, 4) is 5.69 Å². The number of aromatic nitrogens is 2. The summed E-state index contributed by atoms with van der Waals surface area (Å²) in [5.41, 5.74) is 2.99. The number of carbonyl (C=O) groups is 1. The van der Waals surface area contributed by atoms with Gasteiger partial charge < -0.3 is 5.32 Å². The molecule has 7 heteroatoms. The van der Waals surface area contributed by atoms with Gasteiger partial charge in [-0.1, -0.05) is 30.3 Å². The molecule has 1 aliphatic heterocycles. The summed E-state index contributed by atoms with van der Waals surface area (Å²) in [6.45, 7) is 0. The van der Waals surface area contributed by atoms with E-state index in [1.807, 2.05) is 30.3 Å². The Balaban J connectivity index is 1.65. The molecule has 0 saturated carbocycles.